The molecule has 0 saturated heterocycles. The molecule has 0 heterocycles. The molecule has 1 aromatic carbocycles. The van der Waals surface area contributed by atoms with Crippen LogP contribution in [0.4, 0.5) is 0 Å². The van der Waals surface area contributed by atoms with Crippen LogP contribution in [0.2, 0.25) is 0 Å². The summed E-state index contributed by atoms with van der Waals surface area (Å²) in [5.41, 5.74) is 5.02. The largest absolute Gasteiger partial charge is 0.370 e. The fourth-order valence-corrected chi connectivity index (χ4v) is 1.93. The van der Waals surface area contributed by atoms with E-state index >= 15 is 0 Å². The maximum absolute atomic E-state index is 10.4. The maximum Gasteiger partial charge on any atom is 0.218 e. The second-order valence-corrected chi connectivity index (χ2v) is 4.60. The van der Waals surface area contributed by atoms with E-state index in [1.165, 1.54) is 0 Å². The number of halogens is 1. The Balaban J connectivity index is 2.37. The van der Waals surface area contributed by atoms with Crippen molar-refractivity contribution in [2.24, 2.45) is 5.73 Å². The van der Waals surface area contributed by atoms with Crippen molar-refractivity contribution in [1.82, 2.24) is 0 Å². The summed E-state index contributed by atoms with van der Waals surface area (Å²) in [6.07, 6.45) is 0.431. The van der Waals surface area contributed by atoms with E-state index in [0.29, 0.717) is 6.42 Å². The van der Waals surface area contributed by atoms with Crippen molar-refractivity contribution >= 4 is 33.6 Å². The molecule has 0 radical (unpaired) electrons. The number of amides is 1. The highest BCUT2D eigenvalue weighted by Crippen LogP contribution is 2.20. The minimum Gasteiger partial charge on any atom is -0.370 e. The topological polar surface area (TPSA) is 43.1 Å². The molecule has 2 N–H and O–H groups in total. The van der Waals surface area contributed by atoms with E-state index < -0.39 is 0 Å². The van der Waals surface area contributed by atoms with Crippen molar-refractivity contribution < 1.29 is 4.79 Å². The summed E-state index contributed by atoms with van der Waals surface area (Å²) >= 11 is 4.99. The molecule has 0 atom stereocenters. The summed E-state index contributed by atoms with van der Waals surface area (Å²) in [5.74, 6) is 0.501. The minimum atomic E-state index is -0.246. The number of carbonyl (C=O) groups is 1. The Hall–Kier alpha value is -0.480. The van der Waals surface area contributed by atoms with Crippen LogP contribution in [0.1, 0.15) is 6.42 Å². The molecule has 1 amide bonds. The number of nitrogens with two attached hydrogens (primary N) is 1. The van der Waals surface area contributed by atoms with E-state index in [4.69, 9.17) is 5.73 Å². The minimum absolute atomic E-state index is 0.246. The lowest BCUT2D eigenvalue weighted by Gasteiger charge is -1.99. The Kier molecular flexibility index (Phi) is 4.32. The first-order chi connectivity index (χ1) is 6.18. The molecule has 0 aromatic heterocycles. The lowest BCUT2D eigenvalue weighted by molar-refractivity contribution is -0.117. The molecule has 0 spiro atoms. The van der Waals surface area contributed by atoms with Gasteiger partial charge in [-0.25, -0.2) is 0 Å². The standard InChI is InChI=1S/C9H10BrNOS/c10-7-1-3-8(4-2-7)13-6-5-9(11)12/h1-4H,5-6H2,(H2,11,12). The first kappa shape index (κ1) is 10.6. The van der Waals surface area contributed by atoms with Crippen LogP contribution in [0.5, 0.6) is 0 Å². The number of carbonyl (C=O) groups excluding carboxylic acids is 1. The Morgan fingerprint density at radius 3 is 2.54 bits per heavy atom. The number of benzene rings is 1. The molecular formula is C9H10BrNOS. The van der Waals surface area contributed by atoms with Crippen molar-refractivity contribution in [1.29, 1.82) is 0 Å². The second kappa shape index (κ2) is 5.29. The van der Waals surface area contributed by atoms with Crippen LogP contribution in [0.25, 0.3) is 0 Å². The number of rotatable bonds is 4. The third-order valence-electron chi connectivity index (χ3n) is 1.43. The predicted molar refractivity (Wildman–Crippen MR) is 58.7 cm³/mol. The van der Waals surface area contributed by atoms with Crippen LogP contribution in [0.3, 0.4) is 0 Å². The van der Waals surface area contributed by atoms with Crippen molar-refractivity contribution in [3.63, 3.8) is 0 Å². The summed E-state index contributed by atoms with van der Waals surface area (Å²) in [5, 5.41) is 0. The first-order valence-corrected chi connectivity index (χ1v) is 5.63. The van der Waals surface area contributed by atoms with E-state index in [1.54, 1.807) is 11.8 Å². The van der Waals surface area contributed by atoms with Crippen molar-refractivity contribution in [3.05, 3.63) is 28.7 Å². The smallest absolute Gasteiger partial charge is 0.218 e. The molecule has 0 aliphatic heterocycles. The fourth-order valence-electron chi connectivity index (χ4n) is 0.800. The van der Waals surface area contributed by atoms with Gasteiger partial charge in [0, 0.05) is 21.5 Å². The summed E-state index contributed by atoms with van der Waals surface area (Å²) in [6, 6.07) is 7.98. The lowest BCUT2D eigenvalue weighted by atomic mass is 10.4. The van der Waals surface area contributed by atoms with Gasteiger partial charge in [0.25, 0.3) is 0 Å². The molecule has 0 aliphatic carbocycles. The van der Waals surface area contributed by atoms with Gasteiger partial charge in [-0.15, -0.1) is 11.8 Å². The quantitative estimate of drug-likeness (QED) is 0.845. The average Bonchev–Trinajstić information content (AvgIpc) is 2.08. The molecule has 0 bridgehead atoms. The molecule has 0 aliphatic rings. The number of hydrogen-bond acceptors (Lipinski definition) is 2. The molecule has 1 aromatic rings. The van der Waals surface area contributed by atoms with Gasteiger partial charge in [0.05, 0.1) is 0 Å². The van der Waals surface area contributed by atoms with Gasteiger partial charge < -0.3 is 5.73 Å². The summed E-state index contributed by atoms with van der Waals surface area (Å²) in [6.45, 7) is 0. The van der Waals surface area contributed by atoms with Gasteiger partial charge >= 0.3 is 0 Å². The number of thioether (sulfide) groups is 1. The Labute approximate surface area is 90.0 Å². The normalized spacial score (nSPS) is 9.92. The van der Waals surface area contributed by atoms with Gasteiger partial charge in [-0.3, -0.25) is 4.79 Å². The summed E-state index contributed by atoms with van der Waals surface area (Å²) < 4.78 is 1.06. The molecule has 2 nitrogen and oxygen atoms in total. The van der Waals surface area contributed by atoms with Crippen LogP contribution >= 0.6 is 27.7 Å². The highest BCUT2D eigenvalue weighted by molar-refractivity contribution is 9.10. The molecule has 13 heavy (non-hydrogen) atoms. The van der Waals surface area contributed by atoms with Gasteiger partial charge in [-0.1, -0.05) is 15.9 Å². The molecular weight excluding hydrogens is 250 g/mol. The number of primary amides is 1. The van der Waals surface area contributed by atoms with E-state index in [9.17, 15) is 4.79 Å². The van der Waals surface area contributed by atoms with Crippen LogP contribution in [-0.4, -0.2) is 11.7 Å². The van der Waals surface area contributed by atoms with Crippen LogP contribution in [-0.2, 0) is 4.79 Å². The Bertz CT molecular complexity index is 286. The van der Waals surface area contributed by atoms with Gasteiger partial charge in [0.2, 0.25) is 5.91 Å². The van der Waals surface area contributed by atoms with Crippen LogP contribution < -0.4 is 5.73 Å². The SMILES string of the molecule is NC(=O)CCSc1ccc(Br)cc1. The fraction of sp³-hybridized carbons (Fsp3) is 0.222. The predicted octanol–water partition coefficient (Wildman–Crippen LogP) is 2.42. The monoisotopic (exact) mass is 259 g/mol. The van der Waals surface area contributed by atoms with Crippen molar-refractivity contribution in [2.45, 2.75) is 11.3 Å². The lowest BCUT2D eigenvalue weighted by Crippen LogP contribution is -2.10. The highest BCUT2D eigenvalue weighted by Gasteiger charge is 1.96. The van der Waals surface area contributed by atoms with Crippen molar-refractivity contribution in [2.75, 3.05) is 5.75 Å². The van der Waals surface area contributed by atoms with Crippen LogP contribution in [0.15, 0.2) is 33.6 Å². The number of hydrogen-bond donors (Lipinski definition) is 1. The molecule has 1 rings (SSSR count). The van der Waals surface area contributed by atoms with Crippen molar-refractivity contribution in [3.8, 4) is 0 Å². The summed E-state index contributed by atoms with van der Waals surface area (Å²) in [4.78, 5) is 11.6. The Morgan fingerprint density at radius 2 is 2.00 bits per heavy atom. The Morgan fingerprint density at radius 1 is 1.38 bits per heavy atom. The first-order valence-electron chi connectivity index (χ1n) is 3.85. The molecule has 0 saturated carbocycles. The van der Waals surface area contributed by atoms with Gasteiger partial charge in [-0.2, -0.15) is 0 Å². The van der Waals surface area contributed by atoms with E-state index in [-0.39, 0.29) is 5.91 Å². The molecule has 0 fully saturated rings. The molecule has 4 heteroatoms. The van der Waals surface area contributed by atoms with Gasteiger partial charge in [-0.05, 0) is 24.3 Å². The summed E-state index contributed by atoms with van der Waals surface area (Å²) in [7, 11) is 0. The second-order valence-electron chi connectivity index (χ2n) is 2.52. The third kappa shape index (κ3) is 4.33. The van der Waals surface area contributed by atoms with E-state index in [2.05, 4.69) is 15.9 Å². The maximum atomic E-state index is 10.4. The van der Waals surface area contributed by atoms with Gasteiger partial charge in [0.15, 0.2) is 0 Å². The third-order valence-corrected chi connectivity index (χ3v) is 2.97. The molecule has 0 unspecified atom stereocenters. The molecule has 70 valence electrons. The zero-order chi connectivity index (χ0) is 9.68. The van der Waals surface area contributed by atoms with E-state index in [0.717, 1.165) is 15.1 Å². The zero-order valence-electron chi connectivity index (χ0n) is 7.00. The average molecular weight is 260 g/mol. The van der Waals surface area contributed by atoms with Crippen LogP contribution in [0, 0.1) is 0 Å². The zero-order valence-corrected chi connectivity index (χ0v) is 9.40. The van der Waals surface area contributed by atoms with Gasteiger partial charge in [0.1, 0.15) is 0 Å². The highest BCUT2D eigenvalue weighted by atomic mass is 79.9. The van der Waals surface area contributed by atoms with E-state index in [1.807, 2.05) is 24.3 Å².